The summed E-state index contributed by atoms with van der Waals surface area (Å²) in [7, 11) is 0. The van der Waals surface area contributed by atoms with Crippen molar-refractivity contribution >= 4 is 6.08 Å². The zero-order chi connectivity index (χ0) is 14.9. The Labute approximate surface area is 120 Å². The summed E-state index contributed by atoms with van der Waals surface area (Å²) in [6, 6.07) is 0. The second kappa shape index (κ2) is 5.88. The highest BCUT2D eigenvalue weighted by atomic mass is 16.5. The van der Waals surface area contributed by atoms with E-state index in [2.05, 4.69) is 39.8 Å². The lowest BCUT2D eigenvalue weighted by molar-refractivity contribution is 0.198. The summed E-state index contributed by atoms with van der Waals surface area (Å²) in [6.07, 6.45) is 5.00. The van der Waals surface area contributed by atoms with Gasteiger partial charge in [-0.15, -0.1) is 0 Å². The van der Waals surface area contributed by atoms with Gasteiger partial charge in [0.25, 0.3) is 0 Å². The summed E-state index contributed by atoms with van der Waals surface area (Å²) >= 11 is 0. The van der Waals surface area contributed by atoms with Crippen molar-refractivity contribution in [2.24, 2.45) is 0 Å². The van der Waals surface area contributed by atoms with E-state index in [-0.39, 0.29) is 25.0 Å². The van der Waals surface area contributed by atoms with Crippen LogP contribution in [0.15, 0.2) is 6.08 Å². The van der Waals surface area contributed by atoms with Crippen LogP contribution >= 0.6 is 0 Å². The molecule has 2 rings (SSSR count). The van der Waals surface area contributed by atoms with Gasteiger partial charge in [0.2, 0.25) is 0 Å². The van der Waals surface area contributed by atoms with Crippen molar-refractivity contribution in [2.45, 2.75) is 46.0 Å². The molecular weight excluding hydrogens is 252 g/mol. The van der Waals surface area contributed by atoms with Gasteiger partial charge in [0.05, 0.1) is 6.61 Å². The van der Waals surface area contributed by atoms with Crippen molar-refractivity contribution < 1.29 is 14.9 Å². The standard InChI is InChI=1S/C17H24O3/c1-10(2)14-12-6-5-7-13(12)17(20-9-8-18)15(11(3)4)16(14)19/h5-6,10-11,18-19H,7-9H2,1-4H3. The fourth-order valence-electron chi connectivity index (χ4n) is 2.95. The first-order chi connectivity index (χ1) is 9.49. The molecule has 0 atom stereocenters. The molecule has 0 saturated carbocycles. The number of phenols is 1. The summed E-state index contributed by atoms with van der Waals surface area (Å²) in [5.74, 6) is 1.55. The maximum atomic E-state index is 10.7. The second-order valence-corrected chi connectivity index (χ2v) is 5.89. The molecule has 0 heterocycles. The molecule has 3 nitrogen and oxygen atoms in total. The topological polar surface area (TPSA) is 49.7 Å². The molecule has 0 fully saturated rings. The number of allylic oxidation sites excluding steroid dienone is 1. The highest BCUT2D eigenvalue weighted by Crippen LogP contribution is 2.47. The van der Waals surface area contributed by atoms with Crippen LogP contribution in [0.2, 0.25) is 0 Å². The summed E-state index contributed by atoms with van der Waals surface area (Å²) in [4.78, 5) is 0. The minimum atomic E-state index is -0.0214. The average molecular weight is 276 g/mol. The van der Waals surface area contributed by atoms with Gasteiger partial charge in [-0.25, -0.2) is 0 Å². The zero-order valence-corrected chi connectivity index (χ0v) is 12.7. The predicted molar refractivity (Wildman–Crippen MR) is 81.6 cm³/mol. The van der Waals surface area contributed by atoms with Crippen molar-refractivity contribution in [3.63, 3.8) is 0 Å². The van der Waals surface area contributed by atoms with E-state index < -0.39 is 0 Å². The van der Waals surface area contributed by atoms with E-state index in [0.717, 1.165) is 34.4 Å². The highest BCUT2D eigenvalue weighted by molar-refractivity contribution is 5.73. The molecule has 0 saturated heterocycles. The molecule has 3 heteroatoms. The average Bonchev–Trinajstić information content (AvgIpc) is 2.82. The zero-order valence-electron chi connectivity index (χ0n) is 12.7. The van der Waals surface area contributed by atoms with Crippen molar-refractivity contribution in [3.05, 3.63) is 28.3 Å². The fourth-order valence-corrected chi connectivity index (χ4v) is 2.95. The molecule has 0 bridgehead atoms. The molecule has 1 aromatic carbocycles. The summed E-state index contributed by atoms with van der Waals surface area (Å²) in [5, 5.41) is 19.7. The van der Waals surface area contributed by atoms with Gasteiger partial charge in [0.15, 0.2) is 0 Å². The number of phenolic OH excluding ortho intramolecular Hbond substituents is 1. The van der Waals surface area contributed by atoms with Crippen LogP contribution in [0.25, 0.3) is 6.08 Å². The number of hydrogen-bond acceptors (Lipinski definition) is 3. The molecule has 0 unspecified atom stereocenters. The summed E-state index contributed by atoms with van der Waals surface area (Å²) < 4.78 is 5.76. The Morgan fingerprint density at radius 1 is 1.15 bits per heavy atom. The van der Waals surface area contributed by atoms with Gasteiger partial charge in [-0.05, 0) is 23.8 Å². The monoisotopic (exact) mass is 276 g/mol. The first-order valence-corrected chi connectivity index (χ1v) is 7.30. The van der Waals surface area contributed by atoms with Gasteiger partial charge in [0.1, 0.15) is 18.1 Å². The molecule has 0 spiro atoms. The maximum Gasteiger partial charge on any atom is 0.130 e. The molecule has 1 aliphatic rings. The number of hydrogen-bond donors (Lipinski definition) is 2. The quantitative estimate of drug-likeness (QED) is 0.864. The van der Waals surface area contributed by atoms with E-state index in [0.29, 0.717) is 5.75 Å². The lowest BCUT2D eigenvalue weighted by atomic mass is 9.86. The van der Waals surface area contributed by atoms with Crippen LogP contribution in [-0.2, 0) is 6.42 Å². The van der Waals surface area contributed by atoms with Crippen molar-refractivity contribution in [1.82, 2.24) is 0 Å². The normalized spacial score (nSPS) is 13.3. The van der Waals surface area contributed by atoms with Crippen LogP contribution in [0.4, 0.5) is 0 Å². The van der Waals surface area contributed by atoms with E-state index >= 15 is 0 Å². The molecule has 1 aromatic rings. The minimum Gasteiger partial charge on any atom is -0.507 e. The van der Waals surface area contributed by atoms with Gasteiger partial charge in [-0.1, -0.05) is 39.8 Å². The molecule has 0 amide bonds. The number of aliphatic hydroxyl groups is 1. The van der Waals surface area contributed by atoms with Crippen LogP contribution in [0.3, 0.4) is 0 Å². The number of aromatic hydroxyl groups is 1. The Balaban J connectivity index is 2.69. The SMILES string of the molecule is CC(C)c1c(O)c(C(C)C)c(OCCO)c2c1C=CC2. The van der Waals surface area contributed by atoms with Crippen LogP contribution in [0.5, 0.6) is 11.5 Å². The third-order valence-corrected chi connectivity index (χ3v) is 3.74. The number of rotatable bonds is 5. The lowest BCUT2D eigenvalue weighted by Crippen LogP contribution is -2.10. The first-order valence-electron chi connectivity index (χ1n) is 7.30. The first kappa shape index (κ1) is 14.9. The van der Waals surface area contributed by atoms with E-state index in [4.69, 9.17) is 9.84 Å². The number of ether oxygens (including phenoxy) is 1. The molecular formula is C17H24O3. The molecule has 1 aliphatic carbocycles. The van der Waals surface area contributed by atoms with Crippen molar-refractivity contribution in [1.29, 1.82) is 0 Å². The summed E-state index contributed by atoms with van der Waals surface area (Å²) in [6.45, 7) is 8.54. The van der Waals surface area contributed by atoms with Gasteiger partial charge < -0.3 is 14.9 Å². The van der Waals surface area contributed by atoms with Crippen LogP contribution in [-0.4, -0.2) is 23.4 Å². The lowest BCUT2D eigenvalue weighted by Gasteiger charge is -2.24. The molecule has 0 aliphatic heterocycles. The van der Waals surface area contributed by atoms with Crippen LogP contribution in [0, 0.1) is 0 Å². The third kappa shape index (κ3) is 2.42. The number of benzene rings is 1. The van der Waals surface area contributed by atoms with Crippen molar-refractivity contribution in [3.8, 4) is 11.5 Å². The number of fused-ring (bicyclic) bond motifs is 1. The molecule has 2 N–H and O–H groups in total. The predicted octanol–water partition coefficient (Wildman–Crippen LogP) is 3.58. The Bertz CT molecular complexity index is 528. The molecule has 0 aromatic heterocycles. The summed E-state index contributed by atoms with van der Waals surface area (Å²) in [5.41, 5.74) is 4.11. The number of aliphatic hydroxyl groups excluding tert-OH is 1. The van der Waals surface area contributed by atoms with Crippen LogP contribution in [0.1, 0.15) is 61.8 Å². The van der Waals surface area contributed by atoms with Crippen molar-refractivity contribution in [2.75, 3.05) is 13.2 Å². The molecule has 110 valence electrons. The van der Waals surface area contributed by atoms with E-state index in [9.17, 15) is 5.11 Å². The van der Waals surface area contributed by atoms with Gasteiger partial charge in [-0.3, -0.25) is 0 Å². The Morgan fingerprint density at radius 2 is 1.80 bits per heavy atom. The molecule has 0 radical (unpaired) electrons. The Hall–Kier alpha value is -1.48. The Morgan fingerprint density at radius 3 is 2.35 bits per heavy atom. The minimum absolute atomic E-state index is 0.0214. The smallest absolute Gasteiger partial charge is 0.130 e. The van der Waals surface area contributed by atoms with Gasteiger partial charge in [-0.2, -0.15) is 0 Å². The highest BCUT2D eigenvalue weighted by Gasteiger charge is 2.27. The van der Waals surface area contributed by atoms with E-state index in [1.165, 1.54) is 0 Å². The fraction of sp³-hybridized carbons (Fsp3) is 0.529. The largest absolute Gasteiger partial charge is 0.507 e. The maximum absolute atomic E-state index is 10.7. The van der Waals surface area contributed by atoms with E-state index in [1.54, 1.807) is 0 Å². The van der Waals surface area contributed by atoms with E-state index in [1.807, 2.05) is 0 Å². The molecule has 20 heavy (non-hydrogen) atoms. The third-order valence-electron chi connectivity index (χ3n) is 3.74. The second-order valence-electron chi connectivity index (χ2n) is 5.89. The van der Waals surface area contributed by atoms with Gasteiger partial charge >= 0.3 is 0 Å². The van der Waals surface area contributed by atoms with Crippen LogP contribution < -0.4 is 4.74 Å². The van der Waals surface area contributed by atoms with Gasteiger partial charge in [0, 0.05) is 16.7 Å². The Kier molecular flexibility index (Phi) is 4.39.